The van der Waals surface area contributed by atoms with E-state index in [1.807, 2.05) is 31.2 Å². The molecule has 5 nitrogen and oxygen atoms in total. The number of aryl methyl sites for hydroxylation is 1. The quantitative estimate of drug-likeness (QED) is 0.809. The molecule has 1 atom stereocenters. The summed E-state index contributed by atoms with van der Waals surface area (Å²) in [5.74, 6) is -1.46. The van der Waals surface area contributed by atoms with Crippen molar-refractivity contribution in [1.82, 2.24) is 5.32 Å². The fraction of sp³-hybridized carbons (Fsp3) is 0.429. The maximum atomic E-state index is 11.9. The van der Waals surface area contributed by atoms with Gasteiger partial charge in [-0.15, -0.1) is 0 Å². The lowest BCUT2D eigenvalue weighted by Crippen LogP contribution is -2.55. The molecule has 0 aliphatic carbocycles. The number of carbonyl (C=O) groups is 2. The number of nitrogens with one attached hydrogen (secondary N) is 1. The van der Waals surface area contributed by atoms with Gasteiger partial charge in [-0.3, -0.25) is 4.79 Å². The lowest BCUT2D eigenvalue weighted by Gasteiger charge is -2.25. The van der Waals surface area contributed by atoms with Gasteiger partial charge in [-0.2, -0.15) is 0 Å². The molecule has 104 valence electrons. The molecule has 0 radical (unpaired) electrons. The Morgan fingerprint density at radius 1 is 1.32 bits per heavy atom. The number of amides is 1. The van der Waals surface area contributed by atoms with Crippen molar-refractivity contribution in [2.45, 2.75) is 25.8 Å². The normalized spacial score (nSPS) is 13.6. The highest BCUT2D eigenvalue weighted by molar-refractivity contribution is 5.87. The van der Waals surface area contributed by atoms with E-state index in [2.05, 4.69) is 5.32 Å². The Bertz CT molecular complexity index is 455. The molecule has 0 aliphatic heterocycles. The zero-order valence-corrected chi connectivity index (χ0v) is 11.4. The van der Waals surface area contributed by atoms with E-state index in [0.717, 1.165) is 11.1 Å². The Kier molecular flexibility index (Phi) is 5.06. The second-order valence-corrected chi connectivity index (χ2v) is 4.78. The number of benzene rings is 1. The third kappa shape index (κ3) is 4.37. The van der Waals surface area contributed by atoms with Crippen LogP contribution in [-0.4, -0.2) is 36.2 Å². The van der Waals surface area contributed by atoms with E-state index in [1.54, 1.807) is 0 Å². The summed E-state index contributed by atoms with van der Waals surface area (Å²) in [5, 5.41) is 11.6. The number of aliphatic carboxylic acids is 1. The van der Waals surface area contributed by atoms with Crippen LogP contribution >= 0.6 is 0 Å². The van der Waals surface area contributed by atoms with Crippen molar-refractivity contribution >= 4 is 11.9 Å². The summed E-state index contributed by atoms with van der Waals surface area (Å²) < 4.78 is 4.84. The van der Waals surface area contributed by atoms with Crippen molar-refractivity contribution in [3.05, 3.63) is 35.4 Å². The van der Waals surface area contributed by atoms with Gasteiger partial charge in [0.05, 0.1) is 13.0 Å². The van der Waals surface area contributed by atoms with Crippen molar-refractivity contribution in [2.75, 3.05) is 13.7 Å². The van der Waals surface area contributed by atoms with Crippen LogP contribution in [0.25, 0.3) is 0 Å². The molecule has 0 fully saturated rings. The van der Waals surface area contributed by atoms with Crippen LogP contribution in [0.1, 0.15) is 18.1 Å². The SMILES string of the molecule is COCC(C)(NC(=O)Cc1ccc(C)cc1)C(=O)O. The molecule has 0 heterocycles. The maximum absolute atomic E-state index is 11.9. The molecule has 0 aromatic heterocycles. The van der Waals surface area contributed by atoms with Crippen molar-refractivity contribution in [3.8, 4) is 0 Å². The van der Waals surface area contributed by atoms with Gasteiger partial charge >= 0.3 is 5.97 Å². The van der Waals surface area contributed by atoms with Crippen LogP contribution in [0, 0.1) is 6.92 Å². The average Bonchev–Trinajstić information content (AvgIpc) is 2.32. The van der Waals surface area contributed by atoms with E-state index in [4.69, 9.17) is 9.84 Å². The van der Waals surface area contributed by atoms with E-state index >= 15 is 0 Å². The van der Waals surface area contributed by atoms with Gasteiger partial charge in [0.15, 0.2) is 5.54 Å². The molecular weight excluding hydrogens is 246 g/mol. The van der Waals surface area contributed by atoms with Crippen LogP contribution in [0.5, 0.6) is 0 Å². The largest absolute Gasteiger partial charge is 0.479 e. The van der Waals surface area contributed by atoms with Gasteiger partial charge in [0.2, 0.25) is 5.91 Å². The monoisotopic (exact) mass is 265 g/mol. The van der Waals surface area contributed by atoms with Gasteiger partial charge in [-0.05, 0) is 19.4 Å². The number of rotatable bonds is 6. The summed E-state index contributed by atoms with van der Waals surface area (Å²) in [6.07, 6.45) is 0.146. The summed E-state index contributed by atoms with van der Waals surface area (Å²) in [7, 11) is 1.40. The highest BCUT2D eigenvalue weighted by atomic mass is 16.5. The van der Waals surface area contributed by atoms with Crippen LogP contribution in [0.4, 0.5) is 0 Å². The summed E-state index contributed by atoms with van der Waals surface area (Å²) in [4.78, 5) is 23.0. The minimum absolute atomic E-state index is 0.0814. The number of carbonyl (C=O) groups excluding carboxylic acids is 1. The zero-order chi connectivity index (χ0) is 14.5. The molecule has 0 saturated heterocycles. The van der Waals surface area contributed by atoms with E-state index in [0.29, 0.717) is 0 Å². The minimum atomic E-state index is -1.41. The predicted octanol–water partition coefficient (Wildman–Crippen LogP) is 1.14. The zero-order valence-electron chi connectivity index (χ0n) is 11.4. The second-order valence-electron chi connectivity index (χ2n) is 4.78. The average molecular weight is 265 g/mol. The maximum Gasteiger partial charge on any atom is 0.331 e. The Morgan fingerprint density at radius 2 is 1.89 bits per heavy atom. The van der Waals surface area contributed by atoms with E-state index in [9.17, 15) is 9.59 Å². The number of methoxy groups -OCH3 is 1. The molecule has 1 aromatic carbocycles. The van der Waals surface area contributed by atoms with Gasteiger partial charge in [-0.1, -0.05) is 29.8 Å². The van der Waals surface area contributed by atoms with E-state index in [-0.39, 0.29) is 18.9 Å². The number of carboxylic acid groups (broad SMARTS) is 1. The minimum Gasteiger partial charge on any atom is -0.479 e. The van der Waals surface area contributed by atoms with Gasteiger partial charge < -0.3 is 15.2 Å². The molecule has 2 N–H and O–H groups in total. The first-order valence-corrected chi connectivity index (χ1v) is 5.96. The highest BCUT2D eigenvalue weighted by Crippen LogP contribution is 2.08. The number of carboxylic acids is 1. The standard InChI is InChI=1S/C14H19NO4/c1-10-4-6-11(7-5-10)8-12(16)15-14(2,9-19-3)13(17)18/h4-7H,8-9H2,1-3H3,(H,15,16)(H,17,18). The van der Waals surface area contributed by atoms with Gasteiger partial charge in [0.1, 0.15) is 0 Å². The fourth-order valence-electron chi connectivity index (χ4n) is 1.68. The Balaban J connectivity index is 2.68. The summed E-state index contributed by atoms with van der Waals surface area (Å²) in [5.41, 5.74) is 0.545. The first kappa shape index (κ1) is 15.2. The van der Waals surface area contributed by atoms with Crippen molar-refractivity contribution in [2.24, 2.45) is 0 Å². The Morgan fingerprint density at radius 3 is 2.37 bits per heavy atom. The Hall–Kier alpha value is -1.88. The second kappa shape index (κ2) is 6.33. The van der Waals surface area contributed by atoms with Crippen LogP contribution in [0.3, 0.4) is 0 Å². The third-order valence-electron chi connectivity index (χ3n) is 2.81. The summed E-state index contributed by atoms with van der Waals surface area (Å²) in [6, 6.07) is 7.52. The topological polar surface area (TPSA) is 75.6 Å². The fourth-order valence-corrected chi connectivity index (χ4v) is 1.68. The van der Waals surface area contributed by atoms with Crippen molar-refractivity contribution in [3.63, 3.8) is 0 Å². The molecule has 1 aromatic rings. The Labute approximate surface area is 112 Å². The molecule has 0 bridgehead atoms. The number of hydrogen-bond donors (Lipinski definition) is 2. The molecule has 1 rings (SSSR count). The molecule has 5 heteroatoms. The lowest BCUT2D eigenvalue weighted by molar-refractivity contribution is -0.149. The van der Waals surface area contributed by atoms with Crippen molar-refractivity contribution < 1.29 is 19.4 Å². The summed E-state index contributed by atoms with van der Waals surface area (Å²) in [6.45, 7) is 3.30. The lowest BCUT2D eigenvalue weighted by atomic mass is 10.0. The molecule has 0 aliphatic rings. The van der Waals surface area contributed by atoms with Crippen LogP contribution in [0.2, 0.25) is 0 Å². The van der Waals surface area contributed by atoms with Crippen LogP contribution in [0.15, 0.2) is 24.3 Å². The third-order valence-corrected chi connectivity index (χ3v) is 2.81. The molecule has 0 saturated carbocycles. The number of ether oxygens (including phenoxy) is 1. The molecule has 1 amide bonds. The first-order valence-electron chi connectivity index (χ1n) is 5.96. The van der Waals surface area contributed by atoms with Gasteiger partial charge in [0, 0.05) is 7.11 Å². The smallest absolute Gasteiger partial charge is 0.331 e. The van der Waals surface area contributed by atoms with E-state index in [1.165, 1.54) is 14.0 Å². The molecular formula is C14H19NO4. The molecule has 0 spiro atoms. The van der Waals surface area contributed by atoms with E-state index < -0.39 is 11.5 Å². The molecule has 1 unspecified atom stereocenters. The van der Waals surface area contributed by atoms with Gasteiger partial charge in [-0.25, -0.2) is 4.79 Å². The van der Waals surface area contributed by atoms with Crippen molar-refractivity contribution in [1.29, 1.82) is 0 Å². The predicted molar refractivity (Wildman–Crippen MR) is 70.9 cm³/mol. The first-order chi connectivity index (χ1) is 8.87. The van der Waals surface area contributed by atoms with Crippen LogP contribution in [-0.2, 0) is 20.7 Å². The van der Waals surface area contributed by atoms with Crippen LogP contribution < -0.4 is 5.32 Å². The number of hydrogen-bond acceptors (Lipinski definition) is 3. The molecule has 19 heavy (non-hydrogen) atoms. The summed E-state index contributed by atoms with van der Waals surface area (Å²) >= 11 is 0. The van der Waals surface area contributed by atoms with Gasteiger partial charge in [0.25, 0.3) is 0 Å². The highest BCUT2D eigenvalue weighted by Gasteiger charge is 2.34.